The molecule has 0 saturated carbocycles. The molecule has 2 heterocycles. The Hall–Kier alpha value is -4.92. The van der Waals surface area contributed by atoms with Crippen molar-refractivity contribution < 1.29 is 9.90 Å². The van der Waals surface area contributed by atoms with Crippen LogP contribution in [0.1, 0.15) is 52.4 Å². The summed E-state index contributed by atoms with van der Waals surface area (Å²) in [6.45, 7) is 4.36. The van der Waals surface area contributed by atoms with Crippen LogP contribution < -0.4 is 5.56 Å². The highest BCUT2D eigenvalue weighted by atomic mass is 16.4. The molecule has 0 aliphatic rings. The molecule has 3 aromatic carbocycles. The number of aromatic carboxylic acids is 1. The summed E-state index contributed by atoms with van der Waals surface area (Å²) in [6, 6.07) is 22.7. The number of aromatic nitrogens is 6. The number of nitrogens with zero attached hydrogens (tertiary/aromatic N) is 5. The van der Waals surface area contributed by atoms with Crippen molar-refractivity contribution >= 4 is 5.97 Å². The first kappa shape index (κ1) is 25.7. The van der Waals surface area contributed by atoms with E-state index >= 15 is 0 Å². The molecule has 2 aromatic heterocycles. The maximum atomic E-state index is 13.8. The first-order chi connectivity index (χ1) is 19.0. The lowest BCUT2D eigenvalue weighted by Crippen LogP contribution is -2.30. The second kappa shape index (κ2) is 11.2. The number of aryl methyl sites for hydroxylation is 2. The number of hydrogen-bond donors (Lipinski definition) is 2. The number of rotatable bonds is 9. The van der Waals surface area contributed by atoms with E-state index in [1.54, 1.807) is 22.8 Å². The lowest BCUT2D eigenvalue weighted by molar-refractivity contribution is 0.0696. The molecule has 5 aromatic rings. The summed E-state index contributed by atoms with van der Waals surface area (Å²) in [6.07, 6.45) is 1.56. The molecule has 0 aliphatic carbocycles. The minimum atomic E-state index is -0.993. The van der Waals surface area contributed by atoms with Gasteiger partial charge < -0.3 is 5.11 Å². The highest BCUT2D eigenvalue weighted by Gasteiger charge is 2.17. The van der Waals surface area contributed by atoms with Crippen LogP contribution in [0.5, 0.6) is 0 Å². The molecule has 196 valence electrons. The maximum absolute atomic E-state index is 13.8. The zero-order valence-corrected chi connectivity index (χ0v) is 21.8. The molecule has 0 unspecified atom stereocenters. The predicted octanol–water partition coefficient (Wildman–Crippen LogP) is 4.55. The number of H-pyrrole nitrogens is 1. The average Bonchev–Trinajstić information content (AvgIpc) is 3.51. The van der Waals surface area contributed by atoms with Crippen LogP contribution >= 0.6 is 0 Å². The molecule has 0 saturated heterocycles. The Morgan fingerprint density at radius 1 is 0.923 bits per heavy atom. The van der Waals surface area contributed by atoms with Crippen LogP contribution in [0.15, 0.2) is 77.6 Å². The summed E-state index contributed by atoms with van der Waals surface area (Å²) in [5.41, 5.74) is 6.10. The average molecular weight is 521 g/mol. The van der Waals surface area contributed by atoms with E-state index in [4.69, 9.17) is 4.98 Å². The van der Waals surface area contributed by atoms with Crippen LogP contribution in [0.2, 0.25) is 0 Å². The molecule has 0 bridgehead atoms. The molecule has 9 heteroatoms. The Labute approximate surface area is 225 Å². The highest BCUT2D eigenvalue weighted by molar-refractivity contribution is 5.87. The summed E-state index contributed by atoms with van der Waals surface area (Å²) in [5.74, 6) is 0.331. The molecule has 2 N–H and O–H groups in total. The molecule has 5 rings (SSSR count). The predicted molar refractivity (Wildman–Crippen MR) is 148 cm³/mol. The molecule has 0 radical (unpaired) electrons. The fraction of sp³-hybridized carbons (Fsp3) is 0.200. The number of nitrogens with one attached hydrogen (secondary N) is 1. The van der Waals surface area contributed by atoms with Crippen LogP contribution in [-0.2, 0) is 25.8 Å². The van der Waals surface area contributed by atoms with Crippen molar-refractivity contribution in [1.82, 2.24) is 30.2 Å². The van der Waals surface area contributed by atoms with Crippen LogP contribution in [0.25, 0.3) is 22.5 Å². The Morgan fingerprint density at radius 3 is 2.36 bits per heavy atom. The second-order valence-corrected chi connectivity index (χ2v) is 9.23. The van der Waals surface area contributed by atoms with Gasteiger partial charge in [0.15, 0.2) is 5.82 Å². The Bertz CT molecular complexity index is 1670. The topological polar surface area (TPSA) is 127 Å². The van der Waals surface area contributed by atoms with Gasteiger partial charge in [0.2, 0.25) is 0 Å². The summed E-state index contributed by atoms with van der Waals surface area (Å²) in [7, 11) is 0. The van der Waals surface area contributed by atoms with Crippen molar-refractivity contribution in [1.29, 1.82) is 0 Å². The van der Waals surface area contributed by atoms with Crippen molar-refractivity contribution in [2.45, 2.75) is 39.7 Å². The third-order valence-electron chi connectivity index (χ3n) is 6.77. The van der Waals surface area contributed by atoms with E-state index in [1.165, 1.54) is 0 Å². The highest BCUT2D eigenvalue weighted by Crippen LogP contribution is 2.29. The van der Waals surface area contributed by atoms with Crippen LogP contribution in [0, 0.1) is 0 Å². The van der Waals surface area contributed by atoms with Gasteiger partial charge in [-0.3, -0.25) is 9.36 Å². The van der Waals surface area contributed by atoms with Gasteiger partial charge in [0, 0.05) is 24.0 Å². The van der Waals surface area contributed by atoms with Gasteiger partial charge in [0.25, 0.3) is 5.56 Å². The van der Waals surface area contributed by atoms with Crippen molar-refractivity contribution in [2.75, 3.05) is 0 Å². The van der Waals surface area contributed by atoms with Crippen molar-refractivity contribution in [3.63, 3.8) is 0 Å². The summed E-state index contributed by atoms with van der Waals surface area (Å²) >= 11 is 0. The fourth-order valence-corrected chi connectivity index (χ4v) is 4.80. The van der Waals surface area contributed by atoms with E-state index in [-0.39, 0.29) is 11.1 Å². The Balaban J connectivity index is 1.48. The van der Waals surface area contributed by atoms with Crippen molar-refractivity contribution in [3.8, 4) is 22.5 Å². The smallest absolute Gasteiger partial charge is 0.335 e. The normalized spacial score (nSPS) is 11.0. The lowest BCUT2D eigenvalue weighted by Gasteiger charge is -2.17. The maximum Gasteiger partial charge on any atom is 0.335 e. The van der Waals surface area contributed by atoms with Crippen molar-refractivity contribution in [2.24, 2.45) is 0 Å². The molecular formula is C30H28N6O3. The van der Waals surface area contributed by atoms with Crippen molar-refractivity contribution in [3.05, 3.63) is 117 Å². The number of aromatic amines is 1. The summed E-state index contributed by atoms with van der Waals surface area (Å²) < 4.78 is 1.73. The third kappa shape index (κ3) is 5.38. The van der Waals surface area contributed by atoms with Gasteiger partial charge >= 0.3 is 5.97 Å². The summed E-state index contributed by atoms with van der Waals surface area (Å²) in [5, 5.41) is 23.6. The molecule has 39 heavy (non-hydrogen) atoms. The lowest BCUT2D eigenvalue weighted by atomic mass is 9.98. The van der Waals surface area contributed by atoms with Gasteiger partial charge in [0.1, 0.15) is 5.82 Å². The van der Waals surface area contributed by atoms with Gasteiger partial charge in [-0.1, -0.05) is 74.5 Å². The van der Waals surface area contributed by atoms with E-state index < -0.39 is 5.97 Å². The minimum Gasteiger partial charge on any atom is -0.478 e. The van der Waals surface area contributed by atoms with Crippen LogP contribution in [0.3, 0.4) is 0 Å². The largest absolute Gasteiger partial charge is 0.478 e. The first-order valence-corrected chi connectivity index (χ1v) is 12.8. The molecule has 0 atom stereocenters. The third-order valence-corrected chi connectivity index (χ3v) is 6.77. The molecule has 0 aliphatic heterocycles. The second-order valence-electron chi connectivity index (χ2n) is 9.23. The minimum absolute atomic E-state index is 0.0910. The SMILES string of the molecule is CCc1nc(CC)n(Cc2ccc(-c3ccccc3-c3nnn[nH]3)cc2)c(=O)c1Cc1cccc(C(=O)O)c1. The number of hydrogen-bond acceptors (Lipinski definition) is 6. The van der Waals surface area contributed by atoms with Gasteiger partial charge in [-0.05, 0) is 51.2 Å². The molecule has 0 fully saturated rings. The number of carboxylic acids is 1. The van der Waals surface area contributed by atoms with Crippen LogP contribution in [0.4, 0.5) is 0 Å². The number of tetrazole rings is 1. The molecule has 0 amide bonds. The molecule has 0 spiro atoms. The van der Waals surface area contributed by atoms with Gasteiger partial charge in [-0.25, -0.2) is 14.9 Å². The zero-order chi connectivity index (χ0) is 27.4. The first-order valence-electron chi connectivity index (χ1n) is 12.8. The van der Waals surface area contributed by atoms with E-state index in [1.807, 2.05) is 68.4 Å². The van der Waals surface area contributed by atoms with Gasteiger partial charge in [-0.15, -0.1) is 5.10 Å². The van der Waals surface area contributed by atoms with E-state index in [0.717, 1.165) is 39.3 Å². The van der Waals surface area contributed by atoms with Gasteiger partial charge in [0.05, 0.1) is 17.8 Å². The monoisotopic (exact) mass is 520 g/mol. The standard InChI is InChI=1S/C30H28N6O3/c1-3-26-25(17-20-8-7-9-22(16-20)30(38)39)29(37)36(27(4-2)31-26)18-19-12-14-21(15-13-19)23-10-5-6-11-24(23)28-32-34-35-33-28/h5-16H,3-4,17-18H2,1-2H3,(H,38,39)(H,32,33,34,35). The molecule has 9 nitrogen and oxygen atoms in total. The number of carbonyl (C=O) groups is 1. The Kier molecular flexibility index (Phi) is 7.40. The number of benzene rings is 3. The fourth-order valence-electron chi connectivity index (χ4n) is 4.80. The van der Waals surface area contributed by atoms with E-state index in [0.29, 0.717) is 37.2 Å². The van der Waals surface area contributed by atoms with E-state index in [9.17, 15) is 14.7 Å². The quantitative estimate of drug-likeness (QED) is 0.292. The van der Waals surface area contributed by atoms with E-state index in [2.05, 4.69) is 20.6 Å². The zero-order valence-electron chi connectivity index (χ0n) is 21.8. The Morgan fingerprint density at radius 2 is 1.69 bits per heavy atom. The number of carboxylic acid groups (broad SMARTS) is 1. The summed E-state index contributed by atoms with van der Waals surface area (Å²) in [4.78, 5) is 30.1. The van der Waals surface area contributed by atoms with Crippen LogP contribution in [-0.4, -0.2) is 41.3 Å². The van der Waals surface area contributed by atoms with Gasteiger partial charge in [-0.2, -0.15) is 0 Å². The molecular weight excluding hydrogens is 492 g/mol.